The number of ether oxygens (including phenoxy) is 1. The lowest BCUT2D eigenvalue weighted by Gasteiger charge is -2.12. The highest BCUT2D eigenvalue weighted by Gasteiger charge is 2.21. The second-order valence-corrected chi connectivity index (χ2v) is 5.61. The Labute approximate surface area is 110 Å². The molecule has 0 spiro atoms. The van der Waals surface area contributed by atoms with Gasteiger partial charge in [-0.05, 0) is 25.1 Å². The van der Waals surface area contributed by atoms with Crippen LogP contribution in [0.15, 0.2) is 23.1 Å². The van der Waals surface area contributed by atoms with Crippen molar-refractivity contribution in [1.29, 1.82) is 0 Å². The fourth-order valence-corrected chi connectivity index (χ4v) is 2.60. The van der Waals surface area contributed by atoms with Gasteiger partial charge in [-0.15, -0.1) is 0 Å². The molecule has 0 bridgehead atoms. The monoisotopic (exact) mass is 289 g/mol. The van der Waals surface area contributed by atoms with Crippen molar-refractivity contribution >= 4 is 16.0 Å². The molecule has 1 aromatic rings. The highest BCUT2D eigenvalue weighted by molar-refractivity contribution is 7.89. The molecule has 0 unspecified atom stereocenters. The van der Waals surface area contributed by atoms with Crippen LogP contribution in [0.2, 0.25) is 0 Å². The average Bonchev–Trinajstić information content (AvgIpc) is 2.35. The zero-order valence-electron chi connectivity index (χ0n) is 10.5. The molecule has 3 N–H and O–H groups in total. The number of aromatic carboxylic acids is 1. The zero-order chi connectivity index (χ0) is 14.6. The Morgan fingerprint density at radius 3 is 2.58 bits per heavy atom. The molecule has 0 aromatic heterocycles. The third kappa shape index (κ3) is 3.91. The molecule has 1 rings (SSSR count). The maximum Gasteiger partial charge on any atom is 0.335 e. The SMILES string of the molecule is COc1cc(C(=O)O)ccc1S(=O)(=O)NC[C@H](C)O. The van der Waals surface area contributed by atoms with Gasteiger partial charge in [0.2, 0.25) is 10.0 Å². The lowest BCUT2D eigenvalue weighted by Crippen LogP contribution is -2.31. The first-order chi connectivity index (χ1) is 8.77. The molecule has 0 amide bonds. The van der Waals surface area contributed by atoms with E-state index in [1.165, 1.54) is 20.1 Å². The van der Waals surface area contributed by atoms with Crippen LogP contribution in [0.25, 0.3) is 0 Å². The van der Waals surface area contributed by atoms with Gasteiger partial charge in [-0.2, -0.15) is 0 Å². The van der Waals surface area contributed by atoms with E-state index in [1.54, 1.807) is 0 Å². The number of methoxy groups -OCH3 is 1. The summed E-state index contributed by atoms with van der Waals surface area (Å²) in [5.41, 5.74) is -0.0775. The molecular weight excluding hydrogens is 274 g/mol. The molecule has 0 aliphatic heterocycles. The van der Waals surface area contributed by atoms with Crippen LogP contribution >= 0.6 is 0 Å². The van der Waals surface area contributed by atoms with Gasteiger partial charge in [0.1, 0.15) is 10.6 Å². The summed E-state index contributed by atoms with van der Waals surface area (Å²) in [6, 6.07) is 3.44. The van der Waals surface area contributed by atoms with Crippen LogP contribution in [-0.4, -0.2) is 44.4 Å². The van der Waals surface area contributed by atoms with Gasteiger partial charge in [0, 0.05) is 6.54 Å². The number of hydrogen-bond donors (Lipinski definition) is 3. The van der Waals surface area contributed by atoms with Gasteiger partial charge in [0.05, 0.1) is 18.8 Å². The second-order valence-electron chi connectivity index (χ2n) is 3.87. The standard InChI is InChI=1S/C11H15NO6S/c1-7(13)6-12-19(16,17)10-4-3-8(11(14)15)5-9(10)18-2/h3-5,7,12-13H,6H2,1-2H3,(H,14,15)/t7-/m0/s1. The van der Waals surface area contributed by atoms with Crippen LogP contribution in [0.4, 0.5) is 0 Å². The molecule has 0 fully saturated rings. The second kappa shape index (κ2) is 6.00. The van der Waals surface area contributed by atoms with Gasteiger partial charge in [0.25, 0.3) is 0 Å². The minimum absolute atomic E-state index is 0.0713. The highest BCUT2D eigenvalue weighted by Crippen LogP contribution is 2.24. The molecule has 0 aliphatic rings. The van der Waals surface area contributed by atoms with Crippen LogP contribution in [0.3, 0.4) is 0 Å². The maximum absolute atomic E-state index is 11.9. The smallest absolute Gasteiger partial charge is 0.335 e. The van der Waals surface area contributed by atoms with E-state index in [2.05, 4.69) is 4.72 Å². The summed E-state index contributed by atoms with van der Waals surface area (Å²) in [5, 5.41) is 17.9. The van der Waals surface area contributed by atoms with E-state index in [1.807, 2.05) is 0 Å². The van der Waals surface area contributed by atoms with Crippen molar-refractivity contribution in [2.75, 3.05) is 13.7 Å². The summed E-state index contributed by atoms with van der Waals surface area (Å²) < 4.78 is 31.0. The number of aliphatic hydroxyl groups excluding tert-OH is 1. The molecule has 0 aliphatic carbocycles. The number of benzene rings is 1. The normalized spacial score (nSPS) is 13.0. The summed E-state index contributed by atoms with van der Waals surface area (Å²) in [6.07, 6.45) is -0.834. The molecular formula is C11H15NO6S. The van der Waals surface area contributed by atoms with E-state index in [4.69, 9.17) is 14.9 Å². The topological polar surface area (TPSA) is 113 Å². The Bertz CT molecular complexity index is 567. The van der Waals surface area contributed by atoms with Gasteiger partial charge in [-0.1, -0.05) is 0 Å². The number of nitrogens with one attached hydrogen (secondary N) is 1. The number of aliphatic hydroxyl groups is 1. The third-order valence-electron chi connectivity index (χ3n) is 2.27. The first-order valence-electron chi connectivity index (χ1n) is 5.37. The Morgan fingerprint density at radius 1 is 1.47 bits per heavy atom. The van der Waals surface area contributed by atoms with Crippen molar-refractivity contribution < 1.29 is 28.2 Å². The lowest BCUT2D eigenvalue weighted by atomic mass is 10.2. The Balaban J connectivity index is 3.16. The molecule has 1 aromatic carbocycles. The van der Waals surface area contributed by atoms with Crippen molar-refractivity contribution in [1.82, 2.24) is 4.72 Å². The molecule has 1 atom stereocenters. The lowest BCUT2D eigenvalue weighted by molar-refractivity contribution is 0.0696. The Kier molecular flexibility index (Phi) is 4.87. The third-order valence-corrected chi connectivity index (χ3v) is 3.73. The molecule has 19 heavy (non-hydrogen) atoms. The molecule has 0 saturated carbocycles. The van der Waals surface area contributed by atoms with Crippen LogP contribution in [0.5, 0.6) is 5.75 Å². The summed E-state index contributed by atoms with van der Waals surface area (Å²) in [6.45, 7) is 1.29. The van der Waals surface area contributed by atoms with Crippen molar-refractivity contribution in [3.05, 3.63) is 23.8 Å². The fraction of sp³-hybridized carbons (Fsp3) is 0.364. The van der Waals surface area contributed by atoms with Crippen LogP contribution < -0.4 is 9.46 Å². The van der Waals surface area contributed by atoms with Gasteiger partial charge in [0.15, 0.2) is 0 Å². The van der Waals surface area contributed by atoms with Gasteiger partial charge >= 0.3 is 5.97 Å². The molecule has 8 heteroatoms. The summed E-state index contributed by atoms with van der Waals surface area (Å²) >= 11 is 0. The predicted octanol–water partition coefficient (Wildman–Crippen LogP) is 0.0525. The van der Waals surface area contributed by atoms with Gasteiger partial charge in [-0.3, -0.25) is 0 Å². The quantitative estimate of drug-likeness (QED) is 0.682. The summed E-state index contributed by atoms with van der Waals surface area (Å²) in [4.78, 5) is 10.6. The van der Waals surface area contributed by atoms with Crippen molar-refractivity contribution in [2.45, 2.75) is 17.9 Å². The molecule has 0 saturated heterocycles. The van der Waals surface area contributed by atoms with E-state index in [-0.39, 0.29) is 22.8 Å². The van der Waals surface area contributed by atoms with E-state index in [0.717, 1.165) is 12.1 Å². The molecule has 0 heterocycles. The first-order valence-corrected chi connectivity index (χ1v) is 6.85. The number of hydrogen-bond acceptors (Lipinski definition) is 5. The fourth-order valence-electron chi connectivity index (χ4n) is 1.33. The Hall–Kier alpha value is -1.64. The van der Waals surface area contributed by atoms with E-state index in [9.17, 15) is 13.2 Å². The van der Waals surface area contributed by atoms with Crippen LogP contribution in [0, 0.1) is 0 Å². The number of sulfonamides is 1. The van der Waals surface area contributed by atoms with Crippen LogP contribution in [-0.2, 0) is 10.0 Å². The minimum Gasteiger partial charge on any atom is -0.495 e. The largest absolute Gasteiger partial charge is 0.495 e. The van der Waals surface area contributed by atoms with Crippen LogP contribution in [0.1, 0.15) is 17.3 Å². The molecule has 7 nitrogen and oxygen atoms in total. The number of carbonyl (C=O) groups is 1. The van der Waals surface area contributed by atoms with Crippen molar-refractivity contribution in [2.24, 2.45) is 0 Å². The van der Waals surface area contributed by atoms with E-state index < -0.39 is 22.1 Å². The maximum atomic E-state index is 11.9. The van der Waals surface area contributed by atoms with E-state index in [0.29, 0.717) is 0 Å². The molecule has 106 valence electrons. The highest BCUT2D eigenvalue weighted by atomic mass is 32.2. The van der Waals surface area contributed by atoms with Gasteiger partial charge < -0.3 is 14.9 Å². The number of rotatable bonds is 6. The Morgan fingerprint density at radius 2 is 2.11 bits per heavy atom. The van der Waals surface area contributed by atoms with Crippen molar-refractivity contribution in [3.63, 3.8) is 0 Å². The van der Waals surface area contributed by atoms with Crippen molar-refractivity contribution in [3.8, 4) is 5.75 Å². The van der Waals surface area contributed by atoms with E-state index >= 15 is 0 Å². The zero-order valence-corrected chi connectivity index (χ0v) is 11.3. The number of carboxylic acids is 1. The number of carboxylic acid groups (broad SMARTS) is 1. The summed E-state index contributed by atoms with van der Waals surface area (Å²) in [7, 11) is -2.62. The predicted molar refractivity (Wildman–Crippen MR) is 66.8 cm³/mol. The average molecular weight is 289 g/mol. The minimum atomic E-state index is -3.87. The first kappa shape index (κ1) is 15.4. The van der Waals surface area contributed by atoms with Gasteiger partial charge in [-0.25, -0.2) is 17.9 Å². The molecule has 0 radical (unpaired) electrons. The summed E-state index contributed by atoms with van der Waals surface area (Å²) in [5.74, 6) is -1.25.